The Morgan fingerprint density at radius 3 is 2.02 bits per heavy atom. The predicted molar refractivity (Wildman–Crippen MR) is 157 cm³/mol. The van der Waals surface area contributed by atoms with Gasteiger partial charge in [0.15, 0.2) is 12.1 Å². The van der Waals surface area contributed by atoms with Gasteiger partial charge in [0.1, 0.15) is 25.4 Å². The summed E-state index contributed by atoms with van der Waals surface area (Å²) in [5, 5.41) is 15.2. The molecule has 43 heavy (non-hydrogen) atoms. The number of oxime groups is 1. The van der Waals surface area contributed by atoms with Gasteiger partial charge in [0.2, 0.25) is 5.71 Å². The van der Waals surface area contributed by atoms with Crippen molar-refractivity contribution in [3.8, 4) is 0 Å². The van der Waals surface area contributed by atoms with Crippen LogP contribution < -0.4 is 11.1 Å². The maximum atomic E-state index is 13.5. The number of rotatable bonds is 12. The zero-order chi connectivity index (χ0) is 31.6. The molecule has 2 unspecified atom stereocenters. The van der Waals surface area contributed by atoms with E-state index in [-0.39, 0.29) is 15.5 Å². The third-order valence-corrected chi connectivity index (χ3v) is 6.79. The molecule has 1 aromatic heterocycles. The number of amides is 1. The van der Waals surface area contributed by atoms with Gasteiger partial charge in [-0.25, -0.2) is 19.2 Å². The molecule has 0 saturated heterocycles. The molecule has 2 atom stereocenters. The van der Waals surface area contributed by atoms with Crippen LogP contribution in [0.2, 0.25) is 0 Å². The first-order valence-corrected chi connectivity index (χ1v) is 13.9. The van der Waals surface area contributed by atoms with Crippen LogP contribution in [0.4, 0.5) is 4.79 Å². The molecule has 13 heteroatoms. The number of benzene rings is 2. The first-order chi connectivity index (χ1) is 20.4. The van der Waals surface area contributed by atoms with Gasteiger partial charge in [-0.3, -0.25) is 0 Å². The molecule has 0 radical (unpaired) electrons. The number of hydrogen-bond acceptors (Lipinski definition) is 11. The Kier molecular flexibility index (Phi) is 11.4. The number of carbonyl (C=O) groups excluding carboxylic acids is 3. The first kappa shape index (κ1) is 32.8. The maximum absolute atomic E-state index is 13.5. The number of esters is 2. The van der Waals surface area contributed by atoms with Gasteiger partial charge in [-0.2, -0.15) is 0 Å². The van der Waals surface area contributed by atoms with E-state index in [1.165, 1.54) is 19.2 Å². The summed E-state index contributed by atoms with van der Waals surface area (Å²) in [7, 11) is 1.20. The average molecular weight is 612 g/mol. The number of nitrogens with zero attached hydrogens (tertiary/aromatic N) is 1. The van der Waals surface area contributed by atoms with Crippen molar-refractivity contribution in [1.29, 1.82) is 0 Å². The Bertz CT molecular complexity index is 1400. The molecule has 1 heterocycles. The lowest BCUT2D eigenvalue weighted by Gasteiger charge is -2.25. The summed E-state index contributed by atoms with van der Waals surface area (Å²) in [5.74, 6) is -3.14. The minimum absolute atomic E-state index is 0.202. The highest BCUT2D eigenvalue weighted by Crippen LogP contribution is 2.27. The Balaban J connectivity index is 1.79. The minimum atomic E-state index is -1.45. The molecule has 0 aliphatic carbocycles. The van der Waals surface area contributed by atoms with Gasteiger partial charge in [-0.1, -0.05) is 65.8 Å². The number of nitrogens with two attached hydrogens (primary N) is 1. The Morgan fingerprint density at radius 1 is 0.930 bits per heavy atom. The number of hydrogen-bond donors (Lipinski definition) is 3. The van der Waals surface area contributed by atoms with E-state index >= 15 is 0 Å². The third-order valence-electron chi connectivity index (χ3n) is 5.61. The van der Waals surface area contributed by atoms with E-state index < -0.39 is 54.4 Å². The van der Waals surface area contributed by atoms with Crippen molar-refractivity contribution in [3.05, 3.63) is 93.7 Å². The zero-order valence-electron chi connectivity index (χ0n) is 24.0. The molecular weight excluding hydrogens is 578 g/mol. The van der Waals surface area contributed by atoms with Crippen molar-refractivity contribution in [2.75, 3.05) is 13.7 Å². The van der Waals surface area contributed by atoms with Crippen LogP contribution in [-0.4, -0.2) is 60.2 Å². The number of carbonyl (C=O) groups is 4. The van der Waals surface area contributed by atoms with E-state index in [1.54, 1.807) is 69.3 Å². The molecule has 12 nitrogen and oxygen atoms in total. The average Bonchev–Trinajstić information content (AvgIpc) is 3.45. The second kappa shape index (κ2) is 14.9. The summed E-state index contributed by atoms with van der Waals surface area (Å²) in [4.78, 5) is 55.5. The fourth-order valence-electron chi connectivity index (χ4n) is 3.70. The molecule has 3 rings (SSSR count). The second-order valence-corrected chi connectivity index (χ2v) is 11.2. The number of carboxylic acid groups (broad SMARTS) is 1. The van der Waals surface area contributed by atoms with E-state index in [0.29, 0.717) is 11.1 Å². The minimum Gasteiger partial charge on any atom is -0.476 e. The van der Waals surface area contributed by atoms with Gasteiger partial charge in [0.25, 0.3) is 0 Å². The number of nitrogens with one attached hydrogen (secondary N) is 1. The summed E-state index contributed by atoms with van der Waals surface area (Å²) in [6.45, 7) is 4.34. The lowest BCUT2D eigenvalue weighted by molar-refractivity contribution is -0.155. The van der Waals surface area contributed by atoms with Gasteiger partial charge in [0, 0.05) is 4.88 Å². The van der Waals surface area contributed by atoms with E-state index in [1.807, 2.05) is 12.1 Å². The summed E-state index contributed by atoms with van der Waals surface area (Å²) < 4.78 is 16.5. The van der Waals surface area contributed by atoms with Crippen LogP contribution in [0.25, 0.3) is 0 Å². The van der Waals surface area contributed by atoms with Crippen LogP contribution in [-0.2, 0) is 33.4 Å². The highest BCUT2D eigenvalue weighted by atomic mass is 32.1. The van der Waals surface area contributed by atoms with Crippen molar-refractivity contribution in [2.45, 2.75) is 44.6 Å². The van der Waals surface area contributed by atoms with E-state index in [0.717, 1.165) is 11.3 Å². The van der Waals surface area contributed by atoms with E-state index in [9.17, 15) is 24.3 Å². The van der Waals surface area contributed by atoms with Gasteiger partial charge in [-0.15, -0.1) is 11.3 Å². The van der Waals surface area contributed by atoms with Gasteiger partial charge < -0.3 is 35.2 Å². The van der Waals surface area contributed by atoms with Crippen LogP contribution in [0.3, 0.4) is 0 Å². The van der Waals surface area contributed by atoms with Crippen LogP contribution in [0.1, 0.15) is 53.8 Å². The first-order valence-electron chi connectivity index (χ1n) is 13.1. The molecule has 0 bridgehead atoms. The Morgan fingerprint density at radius 2 is 1.51 bits per heavy atom. The number of thiophene rings is 1. The van der Waals surface area contributed by atoms with Crippen LogP contribution in [0.15, 0.2) is 78.0 Å². The lowest BCUT2D eigenvalue weighted by Crippen LogP contribution is -2.47. The normalized spacial score (nSPS) is 13.0. The monoisotopic (exact) mass is 611 g/mol. The van der Waals surface area contributed by atoms with Gasteiger partial charge in [0.05, 0.1) is 4.88 Å². The van der Waals surface area contributed by atoms with E-state index in [4.69, 9.17) is 19.9 Å². The van der Waals surface area contributed by atoms with Crippen molar-refractivity contribution >= 4 is 41.0 Å². The molecule has 2 aromatic carbocycles. The molecule has 0 fully saturated rings. The number of ether oxygens (including phenoxy) is 3. The molecular formula is C30H33N3O9S. The summed E-state index contributed by atoms with van der Waals surface area (Å²) >= 11 is 0.908. The standard InChI is InChI=1S/C30H33N3O9S/c1-30(2,3)42-29(38)32-20(27(36)41-25(18-11-7-5-8-12-18)19-13-9-6-10-14-19)17-40-28(37)23(31)21-15-16-22(43-21)24(26(34)35)33-39-4/h5-16,20,23,25H,17,31H2,1-4H3,(H,32,38)(H,34,35)/b33-24-. The van der Waals surface area contributed by atoms with Gasteiger partial charge in [-0.05, 0) is 44.0 Å². The molecule has 228 valence electrons. The SMILES string of the molecule is CO/N=C(\C(=O)O)c1ccc(C(N)C(=O)OCC(NC(=O)OC(C)(C)C)C(=O)OC(c2ccccc2)c2ccccc2)s1. The Hall–Kier alpha value is -4.75. The fraction of sp³-hybridized carbons (Fsp3) is 0.300. The van der Waals surface area contributed by atoms with E-state index in [2.05, 4.69) is 15.3 Å². The third kappa shape index (κ3) is 9.65. The van der Waals surface area contributed by atoms with Crippen molar-refractivity contribution in [3.63, 3.8) is 0 Å². The fourth-order valence-corrected chi connectivity index (χ4v) is 4.67. The molecule has 4 N–H and O–H groups in total. The topological polar surface area (TPSA) is 176 Å². The number of alkyl carbamates (subject to hydrolysis) is 1. The van der Waals surface area contributed by atoms with Crippen LogP contribution in [0, 0.1) is 0 Å². The largest absolute Gasteiger partial charge is 0.476 e. The highest BCUT2D eigenvalue weighted by Gasteiger charge is 2.31. The predicted octanol–water partition coefficient (Wildman–Crippen LogP) is 3.95. The zero-order valence-corrected chi connectivity index (χ0v) is 24.8. The van der Waals surface area contributed by atoms with Crippen molar-refractivity contribution in [2.24, 2.45) is 10.9 Å². The van der Waals surface area contributed by atoms with Crippen molar-refractivity contribution in [1.82, 2.24) is 5.32 Å². The van der Waals surface area contributed by atoms with Crippen LogP contribution >= 0.6 is 11.3 Å². The molecule has 0 spiro atoms. The number of carboxylic acids is 1. The molecule has 0 aliphatic heterocycles. The second-order valence-electron chi connectivity index (χ2n) is 10.1. The quantitative estimate of drug-likeness (QED) is 0.118. The Labute approximate surface area is 252 Å². The maximum Gasteiger partial charge on any atom is 0.408 e. The molecule has 0 saturated carbocycles. The molecule has 1 amide bonds. The van der Waals surface area contributed by atoms with Crippen molar-refractivity contribution < 1.29 is 43.3 Å². The van der Waals surface area contributed by atoms with Crippen LogP contribution in [0.5, 0.6) is 0 Å². The smallest absolute Gasteiger partial charge is 0.408 e. The highest BCUT2D eigenvalue weighted by molar-refractivity contribution is 7.15. The van der Waals surface area contributed by atoms with Gasteiger partial charge >= 0.3 is 24.0 Å². The summed E-state index contributed by atoms with van der Waals surface area (Å²) in [6, 6.07) is 18.1. The summed E-state index contributed by atoms with van der Waals surface area (Å²) in [6.07, 6.45) is -1.75. The molecule has 0 aliphatic rings. The molecule has 3 aromatic rings. The summed E-state index contributed by atoms with van der Waals surface area (Å²) in [5.41, 5.74) is 6.20. The lowest BCUT2D eigenvalue weighted by atomic mass is 10.0. The number of aliphatic carboxylic acids is 1.